The maximum atomic E-state index is 12.9. The highest BCUT2D eigenvalue weighted by atomic mass is 32.1. The quantitative estimate of drug-likeness (QED) is 0.0133. The number of para-hydroxylation sites is 1. The summed E-state index contributed by atoms with van der Waals surface area (Å²) in [5.74, 6) is -0.445. The van der Waals surface area contributed by atoms with Gasteiger partial charge in [0.1, 0.15) is 11.5 Å². The first-order valence-electron chi connectivity index (χ1n) is 20.5. The molecule has 13 nitrogen and oxygen atoms in total. The minimum absolute atomic E-state index is 0.140. The van der Waals surface area contributed by atoms with Gasteiger partial charge in [-0.2, -0.15) is 5.10 Å². The average molecular weight is 862 g/mol. The monoisotopic (exact) mass is 861 g/mol. The lowest BCUT2D eigenvalue weighted by molar-refractivity contribution is -0.138. The molecule has 0 radical (unpaired) electrons. The highest BCUT2D eigenvalue weighted by molar-refractivity contribution is 7.22. The molecule has 4 aromatic carbocycles. The number of thiazole rings is 1. The van der Waals surface area contributed by atoms with E-state index in [1.807, 2.05) is 42.5 Å². The van der Waals surface area contributed by atoms with Gasteiger partial charge in [-0.05, 0) is 122 Å². The van der Waals surface area contributed by atoms with E-state index in [2.05, 4.69) is 28.7 Å². The van der Waals surface area contributed by atoms with Crippen LogP contribution in [0.4, 0.5) is 5.13 Å². The summed E-state index contributed by atoms with van der Waals surface area (Å²) in [5, 5.41) is 5.13. The lowest BCUT2D eigenvalue weighted by atomic mass is 10.0. The van der Waals surface area contributed by atoms with Crippen LogP contribution in [0.1, 0.15) is 75.9 Å². The Hall–Kier alpha value is -6.80. The van der Waals surface area contributed by atoms with Crippen molar-refractivity contribution >= 4 is 56.8 Å². The van der Waals surface area contributed by atoms with Gasteiger partial charge >= 0.3 is 23.9 Å². The van der Waals surface area contributed by atoms with Crippen LogP contribution in [0.15, 0.2) is 121 Å². The van der Waals surface area contributed by atoms with Gasteiger partial charge in [0, 0.05) is 25.0 Å². The van der Waals surface area contributed by atoms with E-state index < -0.39 is 23.9 Å². The van der Waals surface area contributed by atoms with Gasteiger partial charge in [0.2, 0.25) is 5.13 Å². The summed E-state index contributed by atoms with van der Waals surface area (Å²) in [4.78, 5) is 52.5. The molecular weight excluding hydrogens is 811 g/mol. The van der Waals surface area contributed by atoms with E-state index in [9.17, 15) is 19.2 Å². The maximum Gasteiger partial charge on any atom is 0.338 e. The van der Waals surface area contributed by atoms with Gasteiger partial charge in [-0.15, -0.1) is 0 Å². The van der Waals surface area contributed by atoms with E-state index in [4.69, 9.17) is 28.4 Å². The molecule has 0 saturated carbocycles. The number of ether oxygens (including phenoxy) is 6. The maximum absolute atomic E-state index is 12.9. The summed E-state index contributed by atoms with van der Waals surface area (Å²) < 4.78 is 33.8. The second-order valence-electron chi connectivity index (χ2n) is 13.8. The van der Waals surface area contributed by atoms with Crippen molar-refractivity contribution in [2.24, 2.45) is 5.10 Å². The van der Waals surface area contributed by atoms with Crippen LogP contribution in [0, 0.1) is 0 Å². The Labute approximate surface area is 365 Å². The number of benzene rings is 4. The van der Waals surface area contributed by atoms with E-state index >= 15 is 0 Å². The van der Waals surface area contributed by atoms with E-state index in [1.54, 1.807) is 54.7 Å². The fourth-order valence-corrected chi connectivity index (χ4v) is 6.70. The first kappa shape index (κ1) is 46.3. The minimum Gasteiger partial charge on any atom is -0.494 e. The molecule has 1 aromatic heterocycles. The lowest BCUT2D eigenvalue weighted by Crippen LogP contribution is -2.10. The van der Waals surface area contributed by atoms with Crippen LogP contribution in [0.3, 0.4) is 0 Å². The van der Waals surface area contributed by atoms with E-state index in [1.165, 1.54) is 11.3 Å². The number of anilines is 1. The molecule has 0 unspecified atom stereocenters. The van der Waals surface area contributed by atoms with Gasteiger partial charge in [0.05, 0.1) is 67.2 Å². The Morgan fingerprint density at radius 1 is 0.613 bits per heavy atom. The van der Waals surface area contributed by atoms with Gasteiger partial charge in [-0.25, -0.2) is 24.2 Å². The van der Waals surface area contributed by atoms with Crippen LogP contribution in [0.25, 0.3) is 10.2 Å². The number of esters is 4. The number of nitrogens with zero attached hydrogens (tertiary/aromatic N) is 2. The summed E-state index contributed by atoms with van der Waals surface area (Å²) in [7, 11) is 0. The number of aromatic nitrogens is 1. The van der Waals surface area contributed by atoms with Gasteiger partial charge in [-0.3, -0.25) is 5.43 Å². The number of unbranched alkanes of at least 4 members (excludes halogenated alkanes) is 4. The number of hydrogen-bond acceptors (Lipinski definition) is 14. The predicted molar refractivity (Wildman–Crippen MR) is 239 cm³/mol. The molecule has 0 atom stereocenters. The highest BCUT2D eigenvalue weighted by Crippen LogP contribution is 2.25. The lowest BCUT2D eigenvalue weighted by Gasteiger charge is -2.11. The number of carbonyl (C=O) groups is 4. The van der Waals surface area contributed by atoms with Crippen molar-refractivity contribution < 1.29 is 47.6 Å². The Kier molecular flexibility index (Phi) is 19.2. The molecule has 0 amide bonds. The largest absolute Gasteiger partial charge is 0.494 e. The summed E-state index contributed by atoms with van der Waals surface area (Å²) in [6, 6.07) is 27.4. The molecule has 0 saturated heterocycles. The molecule has 0 aliphatic carbocycles. The van der Waals surface area contributed by atoms with Gasteiger partial charge in [0.25, 0.3) is 0 Å². The van der Waals surface area contributed by atoms with Crippen molar-refractivity contribution in [2.75, 3.05) is 45.1 Å². The summed E-state index contributed by atoms with van der Waals surface area (Å²) in [6.45, 7) is 8.75. The minimum atomic E-state index is -0.448. The Bertz CT molecular complexity index is 2240. The molecule has 0 aliphatic rings. The van der Waals surface area contributed by atoms with Crippen LogP contribution in [-0.4, -0.2) is 74.7 Å². The van der Waals surface area contributed by atoms with Crippen LogP contribution in [-0.2, 0) is 41.4 Å². The molecule has 1 N–H and O–H groups in total. The topological polar surface area (TPSA) is 161 Å². The zero-order chi connectivity index (χ0) is 43.8. The van der Waals surface area contributed by atoms with Crippen molar-refractivity contribution in [3.05, 3.63) is 144 Å². The number of fused-ring (bicyclic) bond motifs is 1. The summed E-state index contributed by atoms with van der Waals surface area (Å²) >= 11 is 1.50. The number of hydrazone groups is 1. The number of hydrogen-bond donors (Lipinski definition) is 1. The zero-order valence-corrected chi connectivity index (χ0v) is 35.4. The molecular formula is C48H51N3O10S. The highest BCUT2D eigenvalue weighted by Gasteiger charge is 2.12. The van der Waals surface area contributed by atoms with Crippen molar-refractivity contribution in [3.8, 4) is 11.5 Å². The summed E-state index contributed by atoms with van der Waals surface area (Å²) in [6.07, 6.45) is 9.67. The molecule has 324 valence electrons. The first-order chi connectivity index (χ1) is 30.3. The third kappa shape index (κ3) is 16.0. The van der Waals surface area contributed by atoms with Crippen LogP contribution >= 0.6 is 11.3 Å². The van der Waals surface area contributed by atoms with E-state index in [0.29, 0.717) is 67.0 Å². The third-order valence-electron chi connectivity index (χ3n) is 9.21. The SMILES string of the molecule is C=CC(=O)OCCCCCOc1ccc(C(=O)OCCc2ccc(CCOC(=O)c3ccc(OCCCCCOC(=O)C=C)cc3)c(/C=N/Nc3nc4ccccc4s3)c2)cc1. The number of nitrogens with one attached hydrogen (secondary N) is 1. The molecule has 5 aromatic rings. The number of carbonyl (C=O) groups excluding carboxylic acids is 4. The van der Waals surface area contributed by atoms with E-state index in [-0.39, 0.29) is 13.2 Å². The Morgan fingerprint density at radius 2 is 1.16 bits per heavy atom. The number of rotatable bonds is 27. The fourth-order valence-electron chi connectivity index (χ4n) is 5.89. The molecule has 0 spiro atoms. The van der Waals surface area contributed by atoms with Gasteiger partial charge in [0.15, 0.2) is 0 Å². The molecule has 62 heavy (non-hydrogen) atoms. The van der Waals surface area contributed by atoms with Crippen LogP contribution in [0.5, 0.6) is 11.5 Å². The van der Waals surface area contributed by atoms with Crippen molar-refractivity contribution in [1.29, 1.82) is 0 Å². The van der Waals surface area contributed by atoms with Crippen molar-refractivity contribution in [2.45, 2.75) is 51.4 Å². The second-order valence-corrected chi connectivity index (χ2v) is 14.8. The Morgan fingerprint density at radius 3 is 1.73 bits per heavy atom. The third-order valence-corrected chi connectivity index (χ3v) is 10.2. The Balaban J connectivity index is 1.09. The molecule has 5 rings (SSSR count). The van der Waals surface area contributed by atoms with Crippen LogP contribution < -0.4 is 14.9 Å². The molecule has 0 fully saturated rings. The average Bonchev–Trinajstić information content (AvgIpc) is 3.72. The molecule has 14 heteroatoms. The fraction of sp³-hybridized carbons (Fsp3) is 0.292. The summed E-state index contributed by atoms with van der Waals surface area (Å²) in [5.41, 5.74) is 7.39. The normalized spacial score (nSPS) is 10.8. The van der Waals surface area contributed by atoms with Gasteiger partial charge < -0.3 is 28.4 Å². The molecule has 0 bridgehead atoms. The first-order valence-corrected chi connectivity index (χ1v) is 21.3. The van der Waals surface area contributed by atoms with Crippen molar-refractivity contribution in [1.82, 2.24) is 4.98 Å². The van der Waals surface area contributed by atoms with Crippen LogP contribution in [0.2, 0.25) is 0 Å². The standard InChI is InChI=1S/C48H51N3O10S/c1-3-44(52)58-29-11-5-9-27-56-40-21-17-37(18-22-40)46(54)60-31-25-35-15-16-36(39(33-35)34-49-51-48-50-42-13-7-8-14-43(42)62-48)26-32-61-47(55)38-19-23-41(24-20-38)57-28-10-6-12-30-59-45(53)4-2/h3-4,7-8,13-24,33-34H,1-2,5-6,9-12,25-32H2,(H,50,51)/b49-34+. The van der Waals surface area contributed by atoms with E-state index in [0.717, 1.165) is 77.6 Å². The zero-order valence-electron chi connectivity index (χ0n) is 34.6. The molecule has 1 heterocycles. The van der Waals surface area contributed by atoms with Crippen molar-refractivity contribution in [3.63, 3.8) is 0 Å². The smallest absolute Gasteiger partial charge is 0.338 e. The van der Waals surface area contributed by atoms with Gasteiger partial charge in [-0.1, -0.05) is 48.8 Å². The predicted octanol–water partition coefficient (Wildman–Crippen LogP) is 9.10. The second kappa shape index (κ2) is 25.7. The molecule has 0 aliphatic heterocycles.